The molecule has 0 saturated carbocycles. The summed E-state index contributed by atoms with van der Waals surface area (Å²) in [6.07, 6.45) is 0. The second-order valence-corrected chi connectivity index (χ2v) is 5.68. The van der Waals surface area contributed by atoms with Gasteiger partial charge in [-0.3, -0.25) is 0 Å². The monoisotopic (exact) mass is 278 g/mol. The Bertz CT molecular complexity index is 461. The second-order valence-electron chi connectivity index (χ2n) is 5.68. The van der Waals surface area contributed by atoms with Gasteiger partial charge in [-0.15, -0.1) is 0 Å². The predicted octanol–water partition coefficient (Wildman–Crippen LogP) is 2.57. The van der Waals surface area contributed by atoms with E-state index in [1.165, 1.54) is 0 Å². The summed E-state index contributed by atoms with van der Waals surface area (Å²) in [6.45, 7) is 13.9. The molecule has 20 heavy (non-hydrogen) atoms. The van der Waals surface area contributed by atoms with Crippen LogP contribution in [0, 0.1) is 6.92 Å². The summed E-state index contributed by atoms with van der Waals surface area (Å²) in [5.41, 5.74) is 1.13. The molecule has 0 radical (unpaired) electrons. The van der Waals surface area contributed by atoms with E-state index in [2.05, 4.69) is 49.8 Å². The lowest BCUT2D eigenvalue weighted by molar-refractivity contribution is 0.0984. The third-order valence-electron chi connectivity index (χ3n) is 3.64. The Kier molecular flexibility index (Phi) is 4.81. The Morgan fingerprint density at radius 1 is 1.40 bits per heavy atom. The minimum atomic E-state index is 0.322. The fourth-order valence-corrected chi connectivity index (χ4v) is 2.44. The van der Waals surface area contributed by atoms with Crippen LogP contribution in [0.25, 0.3) is 0 Å². The summed E-state index contributed by atoms with van der Waals surface area (Å²) >= 11 is 0. The Labute approximate surface area is 121 Å². The number of nitrogens with zero attached hydrogens (tertiary/aromatic N) is 3. The number of rotatable bonds is 4. The van der Waals surface area contributed by atoms with Crippen LogP contribution in [0.4, 0.5) is 11.6 Å². The lowest BCUT2D eigenvalue weighted by atomic mass is 10.1. The molecule has 0 aliphatic carbocycles. The number of nitrogens with one attached hydrogen (secondary N) is 1. The van der Waals surface area contributed by atoms with Crippen LogP contribution in [0.15, 0.2) is 0 Å². The third-order valence-corrected chi connectivity index (χ3v) is 3.64. The minimum absolute atomic E-state index is 0.322. The van der Waals surface area contributed by atoms with Crippen LogP contribution in [-0.4, -0.2) is 42.3 Å². The molecular weight excluding hydrogens is 252 g/mol. The van der Waals surface area contributed by atoms with Gasteiger partial charge in [-0.25, -0.2) is 9.97 Å². The molecule has 1 unspecified atom stereocenters. The topological polar surface area (TPSA) is 50.3 Å². The van der Waals surface area contributed by atoms with Crippen molar-refractivity contribution in [3.8, 4) is 0 Å². The zero-order chi connectivity index (χ0) is 14.7. The third kappa shape index (κ3) is 3.03. The number of anilines is 2. The molecule has 1 aromatic heterocycles. The smallest absolute Gasteiger partial charge is 0.137 e. The van der Waals surface area contributed by atoms with Crippen molar-refractivity contribution in [1.82, 2.24) is 9.97 Å². The van der Waals surface area contributed by atoms with Gasteiger partial charge in [0.05, 0.1) is 19.3 Å². The van der Waals surface area contributed by atoms with Crippen LogP contribution >= 0.6 is 0 Å². The summed E-state index contributed by atoms with van der Waals surface area (Å²) in [5.74, 6) is 3.23. The first-order valence-corrected chi connectivity index (χ1v) is 7.51. The maximum Gasteiger partial charge on any atom is 0.137 e. The summed E-state index contributed by atoms with van der Waals surface area (Å²) < 4.78 is 5.53. The van der Waals surface area contributed by atoms with Gasteiger partial charge in [-0.2, -0.15) is 0 Å². The van der Waals surface area contributed by atoms with Gasteiger partial charge in [0.1, 0.15) is 17.5 Å². The number of hydrogen-bond acceptors (Lipinski definition) is 5. The van der Waals surface area contributed by atoms with Gasteiger partial charge >= 0.3 is 0 Å². The Hall–Kier alpha value is -1.36. The van der Waals surface area contributed by atoms with Gasteiger partial charge in [0.25, 0.3) is 0 Å². The van der Waals surface area contributed by atoms with E-state index in [4.69, 9.17) is 9.72 Å². The van der Waals surface area contributed by atoms with Gasteiger partial charge in [0.15, 0.2) is 0 Å². The van der Waals surface area contributed by atoms with Crippen LogP contribution in [0.2, 0.25) is 0 Å². The van der Waals surface area contributed by atoms with E-state index >= 15 is 0 Å². The molecule has 1 fully saturated rings. The number of ether oxygens (including phenoxy) is 1. The quantitative estimate of drug-likeness (QED) is 0.917. The molecule has 0 amide bonds. The molecule has 0 bridgehead atoms. The Morgan fingerprint density at radius 3 is 2.75 bits per heavy atom. The fourth-order valence-electron chi connectivity index (χ4n) is 2.44. The highest BCUT2D eigenvalue weighted by molar-refractivity contribution is 5.59. The average molecular weight is 278 g/mol. The molecule has 1 N–H and O–H groups in total. The fraction of sp³-hybridized carbons (Fsp3) is 0.733. The normalized spacial score (nSPS) is 19.5. The molecule has 112 valence electrons. The summed E-state index contributed by atoms with van der Waals surface area (Å²) in [6, 6.07) is 0.354. The minimum Gasteiger partial charge on any atom is -0.377 e. The molecule has 0 aromatic carbocycles. The Morgan fingerprint density at radius 2 is 2.15 bits per heavy atom. The number of hydrogen-bond donors (Lipinski definition) is 1. The van der Waals surface area contributed by atoms with Crippen LogP contribution in [0.5, 0.6) is 0 Å². The van der Waals surface area contributed by atoms with Gasteiger partial charge in [-0.05, 0) is 20.8 Å². The first-order chi connectivity index (χ1) is 9.54. The van der Waals surface area contributed by atoms with Gasteiger partial charge in [-0.1, -0.05) is 13.8 Å². The highest BCUT2D eigenvalue weighted by Crippen LogP contribution is 2.28. The molecule has 1 aromatic rings. The molecular formula is C15H26N4O. The number of aromatic nitrogens is 2. The Balaban J connectivity index is 2.43. The van der Waals surface area contributed by atoms with Gasteiger partial charge < -0.3 is 15.0 Å². The first kappa shape index (κ1) is 15.0. The molecule has 1 aliphatic rings. The summed E-state index contributed by atoms with van der Waals surface area (Å²) in [4.78, 5) is 11.8. The maximum atomic E-state index is 5.53. The summed E-state index contributed by atoms with van der Waals surface area (Å²) in [5, 5.41) is 3.36. The molecule has 5 heteroatoms. The van der Waals surface area contributed by atoms with E-state index in [-0.39, 0.29) is 0 Å². The van der Waals surface area contributed by atoms with Crippen molar-refractivity contribution in [3.05, 3.63) is 11.4 Å². The molecule has 5 nitrogen and oxygen atoms in total. The van der Waals surface area contributed by atoms with E-state index < -0.39 is 0 Å². The van der Waals surface area contributed by atoms with Crippen molar-refractivity contribution in [2.45, 2.75) is 46.6 Å². The van der Waals surface area contributed by atoms with E-state index in [9.17, 15) is 0 Å². The van der Waals surface area contributed by atoms with Crippen LogP contribution < -0.4 is 10.2 Å². The van der Waals surface area contributed by atoms with Crippen molar-refractivity contribution in [3.63, 3.8) is 0 Å². The predicted molar refractivity (Wildman–Crippen MR) is 82.6 cm³/mol. The highest BCUT2D eigenvalue weighted by atomic mass is 16.5. The second kappa shape index (κ2) is 6.39. The van der Waals surface area contributed by atoms with Crippen molar-refractivity contribution in [2.75, 3.05) is 36.5 Å². The maximum absolute atomic E-state index is 5.53. The van der Waals surface area contributed by atoms with E-state index in [1.807, 2.05) is 0 Å². The van der Waals surface area contributed by atoms with Crippen LogP contribution in [-0.2, 0) is 4.74 Å². The van der Waals surface area contributed by atoms with Gasteiger partial charge in [0, 0.05) is 24.6 Å². The van der Waals surface area contributed by atoms with Crippen molar-refractivity contribution in [1.29, 1.82) is 0 Å². The van der Waals surface area contributed by atoms with Gasteiger partial charge in [0.2, 0.25) is 0 Å². The van der Waals surface area contributed by atoms with Crippen molar-refractivity contribution in [2.24, 2.45) is 0 Å². The average Bonchev–Trinajstić information content (AvgIpc) is 2.42. The first-order valence-electron chi connectivity index (χ1n) is 7.51. The lowest BCUT2D eigenvalue weighted by Gasteiger charge is -2.35. The molecule has 2 rings (SSSR count). The SMILES string of the molecule is CCNc1nc(C(C)C)nc(N2CCOCC2C)c1C. The molecule has 1 aliphatic heterocycles. The number of morpholine rings is 1. The van der Waals surface area contributed by atoms with E-state index in [1.54, 1.807) is 0 Å². The van der Waals surface area contributed by atoms with Crippen molar-refractivity contribution < 1.29 is 4.74 Å². The van der Waals surface area contributed by atoms with Crippen molar-refractivity contribution >= 4 is 11.6 Å². The summed E-state index contributed by atoms with van der Waals surface area (Å²) in [7, 11) is 0. The molecule has 2 heterocycles. The van der Waals surface area contributed by atoms with Crippen LogP contribution in [0.3, 0.4) is 0 Å². The van der Waals surface area contributed by atoms with Crippen LogP contribution in [0.1, 0.15) is 45.0 Å². The molecule has 0 spiro atoms. The highest BCUT2D eigenvalue weighted by Gasteiger charge is 2.24. The molecule has 1 atom stereocenters. The standard InChI is InChI=1S/C15H26N4O/c1-6-16-14-12(5)15(18-13(17-14)10(2)3)19-7-8-20-9-11(19)4/h10-11H,6-9H2,1-5H3,(H,16,17,18). The largest absolute Gasteiger partial charge is 0.377 e. The molecule has 1 saturated heterocycles. The van der Waals surface area contributed by atoms with E-state index in [0.29, 0.717) is 12.0 Å². The lowest BCUT2D eigenvalue weighted by Crippen LogP contribution is -2.44. The van der Waals surface area contributed by atoms with E-state index in [0.717, 1.165) is 49.3 Å². The zero-order valence-corrected chi connectivity index (χ0v) is 13.2. The zero-order valence-electron chi connectivity index (χ0n) is 13.2.